The van der Waals surface area contributed by atoms with Gasteiger partial charge < -0.3 is 0 Å². The number of nitrogens with two attached hydrogens (primary N) is 1. The molecule has 4 fully saturated rings. The zero-order valence-electron chi connectivity index (χ0n) is 10.9. The number of hydrogen-bond acceptors (Lipinski definition) is 4. The van der Waals surface area contributed by atoms with Gasteiger partial charge in [0.2, 0.25) is 0 Å². The maximum absolute atomic E-state index is 5.78. The molecule has 0 unspecified atom stereocenters. The lowest BCUT2D eigenvalue weighted by molar-refractivity contribution is -0.00393. The molecule has 4 heteroatoms. The fraction of sp³-hybridized carbons (Fsp3) is 0.786. The van der Waals surface area contributed by atoms with Gasteiger partial charge in [0, 0.05) is 18.3 Å². The molecule has 4 aliphatic carbocycles. The lowest BCUT2D eigenvalue weighted by Gasteiger charge is -2.54. The van der Waals surface area contributed by atoms with Crippen molar-refractivity contribution < 1.29 is 0 Å². The molecule has 4 aliphatic rings. The Hall–Kier alpha value is -0.610. The summed E-state index contributed by atoms with van der Waals surface area (Å²) in [4.78, 5) is 4.78. The minimum absolute atomic E-state index is 0.739. The molecule has 18 heavy (non-hydrogen) atoms. The second-order valence-electron chi connectivity index (χ2n) is 6.62. The van der Waals surface area contributed by atoms with Gasteiger partial charge in [-0.2, -0.15) is 0 Å². The average molecular weight is 263 g/mol. The normalized spacial score (nSPS) is 41.3. The molecule has 2 N–H and O–H groups in total. The molecule has 1 aromatic rings. The quantitative estimate of drug-likeness (QED) is 0.659. The summed E-state index contributed by atoms with van der Waals surface area (Å²) in [5, 5.41) is 4.86. The van der Waals surface area contributed by atoms with Crippen molar-refractivity contribution in [3.63, 3.8) is 0 Å². The van der Waals surface area contributed by atoms with Crippen LogP contribution in [0.5, 0.6) is 0 Å². The summed E-state index contributed by atoms with van der Waals surface area (Å²) in [5.41, 5.74) is 1.33. The molecule has 0 radical (unpaired) electrons. The minimum Gasteiger partial charge on any atom is -0.289 e. The van der Waals surface area contributed by atoms with Gasteiger partial charge in [-0.15, -0.1) is 11.3 Å². The van der Waals surface area contributed by atoms with E-state index < -0.39 is 0 Å². The van der Waals surface area contributed by atoms with Crippen LogP contribution in [0, 0.1) is 23.7 Å². The first-order valence-electron chi connectivity index (χ1n) is 7.14. The molecular formula is C14H21N3S. The van der Waals surface area contributed by atoms with Crippen molar-refractivity contribution in [2.75, 3.05) is 12.1 Å². The lowest BCUT2D eigenvalue weighted by atomic mass is 9.51. The monoisotopic (exact) mass is 263 g/mol. The second-order valence-corrected chi connectivity index (χ2v) is 7.46. The van der Waals surface area contributed by atoms with E-state index in [1.165, 1.54) is 37.8 Å². The Morgan fingerprint density at radius 3 is 2.28 bits per heavy atom. The molecule has 0 atom stereocenters. The van der Waals surface area contributed by atoms with Crippen molar-refractivity contribution in [2.24, 2.45) is 29.5 Å². The third-order valence-electron chi connectivity index (χ3n) is 5.38. The molecule has 4 saturated carbocycles. The standard InChI is InChI=1S/C14H21N3S/c1-17(15)14-16-12(7-18-14)13-10-3-8-2-9(5-10)6-11(13)4-8/h7-11,13H,2-6,15H2,1H3. The summed E-state index contributed by atoms with van der Waals surface area (Å²) in [5.74, 6) is 10.4. The number of anilines is 1. The zero-order valence-corrected chi connectivity index (χ0v) is 11.7. The third-order valence-corrected chi connectivity index (χ3v) is 6.33. The maximum Gasteiger partial charge on any atom is 0.199 e. The van der Waals surface area contributed by atoms with Crippen molar-refractivity contribution in [3.05, 3.63) is 11.1 Å². The molecular weight excluding hydrogens is 242 g/mol. The number of thiazole rings is 1. The highest BCUT2D eigenvalue weighted by Gasteiger charge is 2.49. The average Bonchev–Trinajstić information content (AvgIpc) is 2.77. The molecule has 1 heterocycles. The predicted octanol–water partition coefficient (Wildman–Crippen LogP) is 2.99. The number of nitrogens with zero attached hydrogens (tertiary/aromatic N) is 2. The van der Waals surface area contributed by atoms with Crippen LogP contribution < -0.4 is 10.9 Å². The smallest absolute Gasteiger partial charge is 0.199 e. The highest BCUT2D eigenvalue weighted by Crippen LogP contribution is 2.59. The summed E-state index contributed by atoms with van der Waals surface area (Å²) in [6.07, 6.45) is 7.37. The van der Waals surface area contributed by atoms with Gasteiger partial charge in [-0.3, -0.25) is 5.01 Å². The Labute approximate surface area is 112 Å². The molecule has 0 aromatic carbocycles. The highest BCUT2D eigenvalue weighted by atomic mass is 32.1. The minimum atomic E-state index is 0.739. The van der Waals surface area contributed by atoms with Crippen LogP contribution in [0.1, 0.15) is 43.7 Å². The van der Waals surface area contributed by atoms with E-state index in [1.54, 1.807) is 16.3 Å². The number of aromatic nitrogens is 1. The van der Waals surface area contributed by atoms with E-state index in [-0.39, 0.29) is 0 Å². The van der Waals surface area contributed by atoms with Crippen molar-refractivity contribution in [3.8, 4) is 0 Å². The third kappa shape index (κ3) is 1.62. The van der Waals surface area contributed by atoms with E-state index in [9.17, 15) is 0 Å². The molecule has 0 aliphatic heterocycles. The van der Waals surface area contributed by atoms with Crippen LogP contribution in [0.15, 0.2) is 5.38 Å². The van der Waals surface area contributed by atoms with Crippen LogP contribution >= 0.6 is 11.3 Å². The van der Waals surface area contributed by atoms with Crippen molar-refractivity contribution in [1.29, 1.82) is 0 Å². The van der Waals surface area contributed by atoms with Gasteiger partial charge in [0.15, 0.2) is 5.13 Å². The van der Waals surface area contributed by atoms with E-state index in [0.717, 1.165) is 34.7 Å². The SMILES string of the molecule is CN(N)c1nc(C2C3CC4CC(C3)CC2C4)cs1. The van der Waals surface area contributed by atoms with Crippen molar-refractivity contribution >= 4 is 16.5 Å². The van der Waals surface area contributed by atoms with Gasteiger partial charge in [0.05, 0.1) is 5.69 Å². The fourth-order valence-electron chi connectivity index (χ4n) is 5.00. The van der Waals surface area contributed by atoms with E-state index >= 15 is 0 Å². The first-order chi connectivity index (χ1) is 8.70. The maximum atomic E-state index is 5.78. The van der Waals surface area contributed by atoms with Crippen LogP contribution in [0.25, 0.3) is 0 Å². The van der Waals surface area contributed by atoms with Crippen LogP contribution in [-0.4, -0.2) is 12.0 Å². The summed E-state index contributed by atoms with van der Waals surface area (Å²) in [6.45, 7) is 0. The molecule has 1 aromatic heterocycles. The molecule has 5 rings (SSSR count). The Balaban J connectivity index is 1.64. The summed E-state index contributed by atoms with van der Waals surface area (Å²) < 4.78 is 0. The topological polar surface area (TPSA) is 42.1 Å². The van der Waals surface area contributed by atoms with Crippen LogP contribution in [-0.2, 0) is 0 Å². The summed E-state index contributed by atoms with van der Waals surface area (Å²) in [7, 11) is 1.87. The lowest BCUT2D eigenvalue weighted by Crippen LogP contribution is -2.43. The van der Waals surface area contributed by atoms with Crippen LogP contribution in [0.2, 0.25) is 0 Å². The van der Waals surface area contributed by atoms with Gasteiger partial charge in [-0.1, -0.05) is 0 Å². The first-order valence-corrected chi connectivity index (χ1v) is 8.02. The summed E-state index contributed by atoms with van der Waals surface area (Å²) >= 11 is 1.69. The number of hydrazine groups is 1. The van der Waals surface area contributed by atoms with Gasteiger partial charge in [0.25, 0.3) is 0 Å². The Morgan fingerprint density at radius 2 is 1.78 bits per heavy atom. The Kier molecular flexibility index (Phi) is 2.46. The van der Waals surface area contributed by atoms with Gasteiger partial charge >= 0.3 is 0 Å². The first kappa shape index (κ1) is 11.2. The zero-order chi connectivity index (χ0) is 12.3. The van der Waals surface area contributed by atoms with Gasteiger partial charge in [-0.25, -0.2) is 10.8 Å². The van der Waals surface area contributed by atoms with E-state index in [0.29, 0.717) is 0 Å². The van der Waals surface area contributed by atoms with Crippen LogP contribution in [0.4, 0.5) is 5.13 Å². The molecule has 98 valence electrons. The van der Waals surface area contributed by atoms with E-state index in [2.05, 4.69) is 5.38 Å². The molecule has 0 amide bonds. The molecule has 3 nitrogen and oxygen atoms in total. The van der Waals surface area contributed by atoms with Crippen molar-refractivity contribution in [1.82, 2.24) is 4.98 Å². The highest BCUT2D eigenvalue weighted by molar-refractivity contribution is 7.13. The number of rotatable bonds is 2. The van der Waals surface area contributed by atoms with Gasteiger partial charge in [-0.05, 0) is 55.8 Å². The fourth-order valence-corrected chi connectivity index (χ4v) is 5.76. The Bertz CT molecular complexity index is 426. The molecule has 0 spiro atoms. The van der Waals surface area contributed by atoms with E-state index in [1.807, 2.05) is 7.05 Å². The largest absolute Gasteiger partial charge is 0.289 e. The molecule has 0 saturated heterocycles. The Morgan fingerprint density at radius 1 is 1.17 bits per heavy atom. The summed E-state index contributed by atoms with van der Waals surface area (Å²) in [6, 6.07) is 0. The van der Waals surface area contributed by atoms with Crippen LogP contribution in [0.3, 0.4) is 0 Å². The van der Waals surface area contributed by atoms with E-state index in [4.69, 9.17) is 10.8 Å². The number of hydrogen-bond donors (Lipinski definition) is 1. The predicted molar refractivity (Wildman–Crippen MR) is 74.5 cm³/mol. The second kappa shape index (κ2) is 3.94. The van der Waals surface area contributed by atoms with Crippen molar-refractivity contribution in [2.45, 2.75) is 38.0 Å². The molecule has 4 bridgehead atoms. The van der Waals surface area contributed by atoms with Gasteiger partial charge in [0.1, 0.15) is 0 Å².